The third-order valence-electron chi connectivity index (χ3n) is 3.46. The van der Waals surface area contributed by atoms with Gasteiger partial charge in [0.05, 0.1) is 18.1 Å². The fraction of sp³-hybridized carbons (Fsp3) is 0.917. The maximum Gasteiger partial charge on any atom is 0.129 e. The van der Waals surface area contributed by atoms with E-state index in [1.807, 2.05) is 0 Å². The number of carbonyl (C=O) groups is 1. The van der Waals surface area contributed by atoms with Crippen LogP contribution in [0.15, 0.2) is 0 Å². The predicted molar refractivity (Wildman–Crippen MR) is 60.4 cm³/mol. The molecule has 0 radical (unpaired) electrons. The summed E-state index contributed by atoms with van der Waals surface area (Å²) in [7, 11) is 0. The minimum Gasteiger partial charge on any atom is -0.380 e. The number of hydrogen-bond donors (Lipinski definition) is 0. The first-order valence-corrected chi connectivity index (χ1v) is 6.12. The second-order valence-electron chi connectivity index (χ2n) is 5.05. The SMILES string of the molecule is CC1CN(CC2(C=O)CCOC2)CCCO1. The molecule has 0 aliphatic carbocycles. The molecule has 2 heterocycles. The summed E-state index contributed by atoms with van der Waals surface area (Å²) in [5, 5.41) is 0. The van der Waals surface area contributed by atoms with Crippen LogP contribution < -0.4 is 0 Å². The fourth-order valence-electron chi connectivity index (χ4n) is 2.55. The molecule has 4 heteroatoms. The van der Waals surface area contributed by atoms with Crippen molar-refractivity contribution in [1.82, 2.24) is 4.90 Å². The van der Waals surface area contributed by atoms with Crippen LogP contribution in [0.5, 0.6) is 0 Å². The lowest BCUT2D eigenvalue weighted by Crippen LogP contribution is -2.42. The number of nitrogens with zero attached hydrogens (tertiary/aromatic N) is 1. The van der Waals surface area contributed by atoms with Crippen molar-refractivity contribution < 1.29 is 14.3 Å². The summed E-state index contributed by atoms with van der Waals surface area (Å²) in [4.78, 5) is 13.6. The van der Waals surface area contributed by atoms with Gasteiger partial charge in [-0.25, -0.2) is 0 Å². The summed E-state index contributed by atoms with van der Waals surface area (Å²) in [5.74, 6) is 0. The van der Waals surface area contributed by atoms with Gasteiger partial charge < -0.3 is 14.3 Å². The van der Waals surface area contributed by atoms with Gasteiger partial charge in [-0.3, -0.25) is 4.90 Å². The zero-order chi connectivity index (χ0) is 11.4. The highest BCUT2D eigenvalue weighted by molar-refractivity contribution is 5.60. The Balaban J connectivity index is 1.93. The molecule has 0 aromatic rings. The molecule has 2 fully saturated rings. The van der Waals surface area contributed by atoms with Crippen LogP contribution in [0.4, 0.5) is 0 Å². The molecule has 16 heavy (non-hydrogen) atoms. The molecule has 0 bridgehead atoms. The van der Waals surface area contributed by atoms with Crippen LogP contribution in [0.25, 0.3) is 0 Å². The Kier molecular flexibility index (Phi) is 3.95. The first-order valence-electron chi connectivity index (χ1n) is 6.12. The van der Waals surface area contributed by atoms with Crippen molar-refractivity contribution in [2.24, 2.45) is 5.41 Å². The van der Waals surface area contributed by atoms with Crippen LogP contribution in [0, 0.1) is 5.41 Å². The molecular weight excluding hydrogens is 206 g/mol. The monoisotopic (exact) mass is 227 g/mol. The van der Waals surface area contributed by atoms with Crippen molar-refractivity contribution in [3.05, 3.63) is 0 Å². The molecule has 0 aromatic heterocycles. The highest BCUT2D eigenvalue weighted by Crippen LogP contribution is 2.27. The Hall–Kier alpha value is -0.450. The van der Waals surface area contributed by atoms with Crippen molar-refractivity contribution in [2.75, 3.05) is 39.5 Å². The van der Waals surface area contributed by atoms with Crippen molar-refractivity contribution in [1.29, 1.82) is 0 Å². The van der Waals surface area contributed by atoms with Gasteiger partial charge in [-0.2, -0.15) is 0 Å². The highest BCUT2D eigenvalue weighted by Gasteiger charge is 2.36. The van der Waals surface area contributed by atoms with Crippen LogP contribution >= 0.6 is 0 Å². The van der Waals surface area contributed by atoms with Crippen molar-refractivity contribution in [3.63, 3.8) is 0 Å². The average Bonchev–Trinajstić information content (AvgIpc) is 2.64. The third-order valence-corrected chi connectivity index (χ3v) is 3.46. The minimum atomic E-state index is -0.260. The maximum absolute atomic E-state index is 11.2. The normalized spacial score (nSPS) is 37.2. The second-order valence-corrected chi connectivity index (χ2v) is 5.05. The molecule has 2 rings (SSSR count). The molecule has 0 aromatic carbocycles. The van der Waals surface area contributed by atoms with Gasteiger partial charge in [0.15, 0.2) is 0 Å². The first kappa shape index (κ1) is 12.0. The van der Waals surface area contributed by atoms with E-state index in [9.17, 15) is 4.79 Å². The van der Waals surface area contributed by atoms with E-state index in [1.54, 1.807) is 0 Å². The van der Waals surface area contributed by atoms with Crippen LogP contribution in [0.2, 0.25) is 0 Å². The van der Waals surface area contributed by atoms with Gasteiger partial charge in [0, 0.05) is 32.8 Å². The van der Waals surface area contributed by atoms with Gasteiger partial charge in [0.1, 0.15) is 6.29 Å². The largest absolute Gasteiger partial charge is 0.380 e. The van der Waals surface area contributed by atoms with Gasteiger partial charge in [-0.05, 0) is 19.8 Å². The van der Waals surface area contributed by atoms with E-state index in [4.69, 9.17) is 9.47 Å². The summed E-state index contributed by atoms with van der Waals surface area (Å²) < 4.78 is 11.0. The molecule has 2 aliphatic heterocycles. The number of rotatable bonds is 3. The molecule has 2 aliphatic rings. The summed E-state index contributed by atoms with van der Waals surface area (Å²) in [6, 6.07) is 0. The Labute approximate surface area is 96.9 Å². The number of carbonyl (C=O) groups excluding carboxylic acids is 1. The van der Waals surface area contributed by atoms with E-state index in [2.05, 4.69) is 11.8 Å². The molecule has 4 nitrogen and oxygen atoms in total. The summed E-state index contributed by atoms with van der Waals surface area (Å²) in [6.07, 6.45) is 3.28. The first-order chi connectivity index (χ1) is 7.74. The van der Waals surface area contributed by atoms with E-state index < -0.39 is 0 Å². The molecule has 2 unspecified atom stereocenters. The summed E-state index contributed by atoms with van der Waals surface area (Å²) in [6.45, 7) is 7.01. The van der Waals surface area contributed by atoms with Gasteiger partial charge in [-0.1, -0.05) is 0 Å². The molecule has 0 spiro atoms. The highest BCUT2D eigenvalue weighted by atomic mass is 16.5. The lowest BCUT2D eigenvalue weighted by molar-refractivity contribution is -0.117. The Bertz CT molecular complexity index is 238. The zero-order valence-corrected chi connectivity index (χ0v) is 9.98. The fourth-order valence-corrected chi connectivity index (χ4v) is 2.55. The average molecular weight is 227 g/mol. The van der Waals surface area contributed by atoms with E-state index in [0.29, 0.717) is 6.61 Å². The molecule has 0 amide bonds. The molecule has 0 saturated carbocycles. The Morgan fingerprint density at radius 1 is 1.50 bits per heavy atom. The molecule has 0 N–H and O–H groups in total. The quantitative estimate of drug-likeness (QED) is 0.665. The Morgan fingerprint density at radius 3 is 3.06 bits per heavy atom. The van der Waals surface area contributed by atoms with Crippen molar-refractivity contribution in [3.8, 4) is 0 Å². The summed E-state index contributed by atoms with van der Waals surface area (Å²) in [5.41, 5.74) is -0.260. The standard InChI is InChI=1S/C12H21NO3/c1-11-7-13(4-2-5-16-11)8-12(9-14)3-6-15-10-12/h9,11H,2-8,10H2,1H3. The van der Waals surface area contributed by atoms with Crippen LogP contribution in [-0.4, -0.2) is 56.7 Å². The van der Waals surface area contributed by atoms with E-state index >= 15 is 0 Å². The topological polar surface area (TPSA) is 38.8 Å². The van der Waals surface area contributed by atoms with Gasteiger partial charge in [-0.15, -0.1) is 0 Å². The zero-order valence-electron chi connectivity index (χ0n) is 9.98. The van der Waals surface area contributed by atoms with Gasteiger partial charge in [0.2, 0.25) is 0 Å². The Morgan fingerprint density at radius 2 is 2.38 bits per heavy atom. The third kappa shape index (κ3) is 2.81. The van der Waals surface area contributed by atoms with E-state index in [-0.39, 0.29) is 11.5 Å². The predicted octanol–water partition coefficient (Wildman–Crippen LogP) is 0.703. The van der Waals surface area contributed by atoms with E-state index in [0.717, 1.165) is 52.0 Å². The van der Waals surface area contributed by atoms with Gasteiger partial charge >= 0.3 is 0 Å². The minimum absolute atomic E-state index is 0.260. The summed E-state index contributed by atoms with van der Waals surface area (Å²) >= 11 is 0. The lowest BCUT2D eigenvalue weighted by Gasteiger charge is -2.29. The second kappa shape index (κ2) is 5.25. The maximum atomic E-state index is 11.2. The number of aldehydes is 1. The van der Waals surface area contributed by atoms with E-state index in [1.165, 1.54) is 0 Å². The van der Waals surface area contributed by atoms with Crippen LogP contribution in [0.1, 0.15) is 19.8 Å². The molecule has 2 atom stereocenters. The van der Waals surface area contributed by atoms with Crippen molar-refractivity contribution >= 4 is 6.29 Å². The lowest BCUT2D eigenvalue weighted by atomic mass is 9.88. The van der Waals surface area contributed by atoms with Crippen LogP contribution in [0.3, 0.4) is 0 Å². The molecular formula is C12H21NO3. The number of hydrogen-bond acceptors (Lipinski definition) is 4. The van der Waals surface area contributed by atoms with Gasteiger partial charge in [0.25, 0.3) is 0 Å². The van der Waals surface area contributed by atoms with Crippen LogP contribution in [-0.2, 0) is 14.3 Å². The number of ether oxygens (including phenoxy) is 2. The van der Waals surface area contributed by atoms with Crippen molar-refractivity contribution in [2.45, 2.75) is 25.9 Å². The molecule has 2 saturated heterocycles. The molecule has 92 valence electrons. The smallest absolute Gasteiger partial charge is 0.129 e.